The molecule has 0 N–H and O–H groups in total. The first-order valence-corrected chi connectivity index (χ1v) is 19.3. The summed E-state index contributed by atoms with van der Waals surface area (Å²) >= 11 is 53.5. The fourth-order valence-electron chi connectivity index (χ4n) is 1.12. The van der Waals surface area contributed by atoms with Gasteiger partial charge in [-0.15, -0.1) is 99.7 Å². The third-order valence-corrected chi connectivity index (χ3v) is 10.6. The molecule has 0 saturated carbocycles. The third kappa shape index (κ3) is 5.35. The summed E-state index contributed by atoms with van der Waals surface area (Å²) in [5.74, 6) is 0. The number of hydrogen-bond acceptors (Lipinski definition) is 0. The predicted octanol–water partition coefficient (Wildman–Crippen LogP) is 4.27. The predicted molar refractivity (Wildman–Crippen MR) is 95.3 cm³/mol. The summed E-state index contributed by atoms with van der Waals surface area (Å²) < 4.78 is 0. The lowest BCUT2D eigenvalue weighted by Crippen LogP contribution is -2.45. The normalized spacial score (nSPS) is 13.8. The lowest BCUT2D eigenvalue weighted by Gasteiger charge is -2.18. The van der Waals surface area contributed by atoms with E-state index >= 15 is 0 Å². The molecule has 102 valence electrons. The first kappa shape index (κ1) is 18.5. The molecule has 0 heterocycles. The van der Waals surface area contributed by atoms with Crippen LogP contribution in [0.1, 0.15) is 0 Å². The maximum atomic E-state index is 5.94. The van der Waals surface area contributed by atoms with Gasteiger partial charge in [0, 0.05) is 0 Å². The van der Waals surface area contributed by atoms with Crippen molar-refractivity contribution in [1.29, 1.82) is 0 Å². The van der Waals surface area contributed by atoms with E-state index in [9.17, 15) is 0 Å². The number of rotatable bonds is 3. The van der Waals surface area contributed by atoms with Gasteiger partial charge in [-0.1, -0.05) is 18.2 Å². The minimum atomic E-state index is -3.14. The van der Waals surface area contributed by atoms with Gasteiger partial charge in [0.1, 0.15) is 0 Å². The van der Waals surface area contributed by atoms with Crippen molar-refractivity contribution in [2.75, 3.05) is 0 Å². The molecule has 1 aromatic rings. The molecule has 0 unspecified atom stereocenters. The fourth-order valence-corrected chi connectivity index (χ4v) is 6.41. The second-order valence-corrected chi connectivity index (χ2v) is 28.5. The van der Waals surface area contributed by atoms with Gasteiger partial charge < -0.3 is 0 Å². The van der Waals surface area contributed by atoms with E-state index in [4.69, 9.17) is 99.7 Å². The molecule has 1 aromatic carbocycles. The fraction of sp³-hybridized carbons (Fsp3) is 0. The zero-order valence-electron chi connectivity index (χ0n) is 8.13. The van der Waals surface area contributed by atoms with Gasteiger partial charge in [0.2, 0.25) is 0 Å². The van der Waals surface area contributed by atoms with Crippen molar-refractivity contribution in [3.05, 3.63) is 18.2 Å². The van der Waals surface area contributed by atoms with Crippen LogP contribution >= 0.6 is 99.7 Å². The number of halogens is 9. The van der Waals surface area contributed by atoms with E-state index in [2.05, 4.69) is 0 Å². The van der Waals surface area contributed by atoms with Crippen molar-refractivity contribution in [2.24, 2.45) is 0 Å². The van der Waals surface area contributed by atoms with E-state index in [0.717, 1.165) is 0 Å². The molecule has 0 nitrogen and oxygen atoms in total. The highest BCUT2D eigenvalue weighted by molar-refractivity contribution is 7.71. The quantitative estimate of drug-likeness (QED) is 0.450. The highest BCUT2D eigenvalue weighted by Gasteiger charge is 2.38. The maximum Gasteiger partial charge on any atom is 0.372 e. The molecular formula is C6H3Cl9Si3. The first-order chi connectivity index (χ1) is 7.82. The van der Waals surface area contributed by atoms with Crippen LogP contribution < -0.4 is 15.6 Å². The van der Waals surface area contributed by atoms with Gasteiger partial charge in [0.25, 0.3) is 0 Å². The minimum absolute atomic E-state index is 0.442. The Hall–Kier alpha value is 2.48. The minimum Gasteiger partial charge on any atom is -0.121 e. The summed E-state index contributed by atoms with van der Waals surface area (Å²) in [6.07, 6.45) is 0. The van der Waals surface area contributed by atoms with Gasteiger partial charge in [-0.05, 0) is 15.6 Å². The largest absolute Gasteiger partial charge is 0.372 e. The Bertz CT molecular complexity index is 364. The highest BCUT2D eigenvalue weighted by atomic mass is 35.9. The Balaban J connectivity index is 3.49. The molecule has 0 aliphatic carbocycles. The molecule has 18 heavy (non-hydrogen) atoms. The molecule has 0 fully saturated rings. The van der Waals surface area contributed by atoms with Crippen LogP contribution in [0.3, 0.4) is 0 Å². The van der Waals surface area contributed by atoms with Gasteiger partial charge in [0.05, 0.1) is 0 Å². The van der Waals surface area contributed by atoms with E-state index in [-0.39, 0.29) is 0 Å². The molecule has 0 aliphatic rings. The zero-order chi connectivity index (χ0) is 14.4. The molecule has 0 aromatic heterocycles. The maximum absolute atomic E-state index is 5.94. The monoisotopic (exact) mass is 474 g/mol. The SMILES string of the molecule is Cl[Si](Cl)(Cl)c1cc([Si](Cl)(Cl)Cl)cc([Si](Cl)(Cl)Cl)c1. The van der Waals surface area contributed by atoms with Crippen molar-refractivity contribution in [3.8, 4) is 0 Å². The van der Waals surface area contributed by atoms with Gasteiger partial charge in [-0.25, -0.2) is 0 Å². The molecule has 1 rings (SSSR count). The standard InChI is InChI=1S/C6H3Cl9Si3/c7-16(8,9)4-1-5(17(10,11)12)3-6(2-4)18(13,14)15/h1-3H. The van der Waals surface area contributed by atoms with Crippen molar-refractivity contribution in [2.45, 2.75) is 0 Å². The van der Waals surface area contributed by atoms with E-state index in [1.54, 1.807) is 18.2 Å². The summed E-state index contributed by atoms with van der Waals surface area (Å²) in [4.78, 5) is 0. The van der Waals surface area contributed by atoms with Crippen molar-refractivity contribution in [1.82, 2.24) is 0 Å². The van der Waals surface area contributed by atoms with Crippen LogP contribution in [0.25, 0.3) is 0 Å². The molecule has 0 atom stereocenters. The first-order valence-electron chi connectivity index (χ1n) is 4.18. The van der Waals surface area contributed by atoms with Gasteiger partial charge >= 0.3 is 18.0 Å². The van der Waals surface area contributed by atoms with Crippen LogP contribution in [0.15, 0.2) is 18.2 Å². The van der Waals surface area contributed by atoms with E-state index < -0.39 is 18.0 Å². The van der Waals surface area contributed by atoms with Crippen LogP contribution in [0.5, 0.6) is 0 Å². The van der Waals surface area contributed by atoms with E-state index in [1.165, 1.54) is 0 Å². The molecule has 0 bridgehead atoms. The van der Waals surface area contributed by atoms with Crippen LogP contribution in [-0.4, -0.2) is 18.0 Å². The lowest BCUT2D eigenvalue weighted by atomic mass is 10.4. The molecule has 0 radical (unpaired) electrons. The Kier molecular flexibility index (Phi) is 6.49. The number of hydrogen-bond donors (Lipinski definition) is 0. The Morgan fingerprint density at radius 1 is 0.444 bits per heavy atom. The van der Waals surface area contributed by atoms with Gasteiger partial charge in [0.15, 0.2) is 0 Å². The van der Waals surface area contributed by atoms with Crippen LogP contribution in [-0.2, 0) is 0 Å². The van der Waals surface area contributed by atoms with Crippen molar-refractivity contribution < 1.29 is 0 Å². The van der Waals surface area contributed by atoms with Crippen LogP contribution in [0.2, 0.25) is 0 Å². The van der Waals surface area contributed by atoms with Crippen molar-refractivity contribution >= 4 is 133 Å². The summed E-state index contributed by atoms with van der Waals surface area (Å²) in [5.41, 5.74) is 0. The Morgan fingerprint density at radius 3 is 0.722 bits per heavy atom. The summed E-state index contributed by atoms with van der Waals surface area (Å²) in [5, 5.41) is 1.33. The van der Waals surface area contributed by atoms with E-state index in [1.807, 2.05) is 0 Å². The highest BCUT2D eigenvalue weighted by Crippen LogP contribution is 2.25. The van der Waals surface area contributed by atoms with Crippen molar-refractivity contribution in [3.63, 3.8) is 0 Å². The summed E-state index contributed by atoms with van der Waals surface area (Å²) in [6, 6.07) is -4.75. The average molecular weight is 478 g/mol. The second-order valence-electron chi connectivity index (χ2n) is 3.29. The lowest BCUT2D eigenvalue weighted by molar-refractivity contribution is 1.89. The molecule has 0 amide bonds. The van der Waals surface area contributed by atoms with Gasteiger partial charge in [-0.3, -0.25) is 0 Å². The molecule has 0 aliphatic heterocycles. The van der Waals surface area contributed by atoms with E-state index in [0.29, 0.717) is 15.6 Å². The molecule has 12 heteroatoms. The molecular weight excluding hydrogens is 475 g/mol. The topological polar surface area (TPSA) is 0 Å². The van der Waals surface area contributed by atoms with Crippen LogP contribution in [0, 0.1) is 0 Å². The van der Waals surface area contributed by atoms with Crippen LogP contribution in [0.4, 0.5) is 0 Å². The third-order valence-electron chi connectivity index (χ3n) is 1.91. The molecule has 0 saturated heterocycles. The van der Waals surface area contributed by atoms with Gasteiger partial charge in [-0.2, -0.15) is 0 Å². The summed E-state index contributed by atoms with van der Waals surface area (Å²) in [6.45, 7) is 0. The smallest absolute Gasteiger partial charge is 0.121 e. The Morgan fingerprint density at radius 2 is 0.611 bits per heavy atom. The Labute approximate surface area is 150 Å². The second kappa shape index (κ2) is 6.31. The zero-order valence-corrected chi connectivity index (χ0v) is 17.9. The number of benzene rings is 1. The summed E-state index contributed by atoms with van der Waals surface area (Å²) in [7, 11) is 0. The molecule has 0 spiro atoms. The average Bonchev–Trinajstić information content (AvgIpc) is 2.13.